The van der Waals surface area contributed by atoms with Crippen molar-refractivity contribution in [3.05, 3.63) is 47.9 Å². The van der Waals surface area contributed by atoms with Gasteiger partial charge >= 0.3 is 5.97 Å². The van der Waals surface area contributed by atoms with Gasteiger partial charge in [-0.25, -0.2) is 4.79 Å². The number of nitrogens with zero attached hydrogens (tertiary/aromatic N) is 1. The van der Waals surface area contributed by atoms with Crippen molar-refractivity contribution in [1.82, 2.24) is 4.90 Å². The van der Waals surface area contributed by atoms with Crippen molar-refractivity contribution < 1.29 is 14.7 Å². The Kier molecular flexibility index (Phi) is 6.55. The Morgan fingerprint density at radius 1 is 1.39 bits per heavy atom. The molecule has 0 saturated heterocycles. The SMILES string of the molecule is C=CN(C(=O)/C(=C/C=C/C(=O)O)CC)C1=C(C)CCCC1(C)C. The van der Waals surface area contributed by atoms with E-state index in [0.29, 0.717) is 12.0 Å². The van der Waals surface area contributed by atoms with Gasteiger partial charge in [0.25, 0.3) is 5.91 Å². The fraction of sp³-hybridized carbons (Fsp3) is 0.474. The van der Waals surface area contributed by atoms with Gasteiger partial charge in [-0.2, -0.15) is 0 Å². The van der Waals surface area contributed by atoms with Crippen LogP contribution in [-0.2, 0) is 9.59 Å². The summed E-state index contributed by atoms with van der Waals surface area (Å²) < 4.78 is 0. The molecule has 0 unspecified atom stereocenters. The average Bonchev–Trinajstić information content (AvgIpc) is 2.46. The van der Waals surface area contributed by atoms with Crippen molar-refractivity contribution in [3.63, 3.8) is 0 Å². The quantitative estimate of drug-likeness (QED) is 0.583. The lowest BCUT2D eigenvalue weighted by molar-refractivity contribution is -0.131. The molecule has 23 heavy (non-hydrogen) atoms. The van der Waals surface area contributed by atoms with Gasteiger partial charge in [-0.3, -0.25) is 9.69 Å². The molecule has 0 fully saturated rings. The van der Waals surface area contributed by atoms with Gasteiger partial charge in [-0.1, -0.05) is 45.1 Å². The van der Waals surface area contributed by atoms with Crippen molar-refractivity contribution in [2.75, 3.05) is 0 Å². The van der Waals surface area contributed by atoms with Gasteiger partial charge in [0.1, 0.15) is 0 Å². The van der Waals surface area contributed by atoms with Gasteiger partial charge in [0.2, 0.25) is 0 Å². The van der Waals surface area contributed by atoms with Crippen LogP contribution < -0.4 is 0 Å². The zero-order valence-corrected chi connectivity index (χ0v) is 14.6. The Hall–Kier alpha value is -2.10. The van der Waals surface area contributed by atoms with Crippen LogP contribution in [0.4, 0.5) is 0 Å². The van der Waals surface area contributed by atoms with Crippen LogP contribution >= 0.6 is 0 Å². The number of allylic oxidation sites excluding steroid dienone is 4. The number of carboxylic acids is 1. The summed E-state index contributed by atoms with van der Waals surface area (Å²) in [4.78, 5) is 25.1. The van der Waals surface area contributed by atoms with Crippen LogP contribution in [-0.4, -0.2) is 21.9 Å². The monoisotopic (exact) mass is 317 g/mol. The van der Waals surface area contributed by atoms with Crippen molar-refractivity contribution >= 4 is 11.9 Å². The molecule has 0 aromatic heterocycles. The number of hydrogen-bond acceptors (Lipinski definition) is 2. The lowest BCUT2D eigenvalue weighted by atomic mass is 9.76. The fourth-order valence-corrected chi connectivity index (χ4v) is 3.16. The molecule has 0 radical (unpaired) electrons. The van der Waals surface area contributed by atoms with Crippen LogP contribution in [0.1, 0.15) is 53.4 Å². The van der Waals surface area contributed by atoms with Crippen molar-refractivity contribution in [3.8, 4) is 0 Å². The summed E-state index contributed by atoms with van der Waals surface area (Å²) in [5.74, 6) is -1.17. The lowest BCUT2D eigenvalue weighted by Gasteiger charge is -2.39. The molecule has 1 amide bonds. The van der Waals surface area contributed by atoms with E-state index in [4.69, 9.17) is 5.11 Å². The van der Waals surface area contributed by atoms with Crippen molar-refractivity contribution in [2.24, 2.45) is 5.41 Å². The molecule has 0 bridgehead atoms. The molecule has 4 nitrogen and oxygen atoms in total. The number of amides is 1. The van der Waals surface area contributed by atoms with E-state index in [2.05, 4.69) is 27.4 Å². The second-order valence-electron chi connectivity index (χ2n) is 6.47. The standard InChI is InChI=1S/C19H27NO3/c1-6-15(11-8-12-16(21)22)18(23)20(7-2)17-14(3)10-9-13-19(17,4)5/h7-8,11-12H,2,6,9-10,13H2,1,3-5H3,(H,21,22)/b12-8+,15-11+. The summed E-state index contributed by atoms with van der Waals surface area (Å²) in [6.45, 7) is 12.1. The van der Waals surface area contributed by atoms with Crippen LogP contribution in [0.15, 0.2) is 47.9 Å². The molecule has 1 aliphatic rings. The van der Waals surface area contributed by atoms with Crippen LogP contribution in [0.5, 0.6) is 0 Å². The van der Waals surface area contributed by atoms with E-state index in [1.165, 1.54) is 11.6 Å². The minimum absolute atomic E-state index is 0.0814. The van der Waals surface area contributed by atoms with E-state index in [9.17, 15) is 9.59 Å². The molecule has 4 heteroatoms. The maximum atomic E-state index is 12.9. The summed E-state index contributed by atoms with van der Waals surface area (Å²) in [7, 11) is 0. The molecule has 0 aromatic rings. The van der Waals surface area contributed by atoms with Crippen LogP contribution in [0, 0.1) is 5.41 Å². The molecule has 0 saturated carbocycles. The Morgan fingerprint density at radius 2 is 2.04 bits per heavy atom. The Bertz CT molecular complexity index is 579. The molecule has 0 heterocycles. The van der Waals surface area contributed by atoms with E-state index >= 15 is 0 Å². The average molecular weight is 317 g/mol. The second kappa shape index (κ2) is 7.95. The van der Waals surface area contributed by atoms with E-state index in [0.717, 1.165) is 31.0 Å². The highest BCUT2D eigenvalue weighted by molar-refractivity contribution is 5.96. The highest BCUT2D eigenvalue weighted by atomic mass is 16.4. The minimum Gasteiger partial charge on any atom is -0.478 e. The van der Waals surface area contributed by atoms with Crippen molar-refractivity contribution in [1.29, 1.82) is 0 Å². The summed E-state index contributed by atoms with van der Waals surface area (Å²) in [6, 6.07) is 0. The molecule has 1 rings (SSSR count). The molecule has 0 spiro atoms. The summed E-state index contributed by atoms with van der Waals surface area (Å²) >= 11 is 0. The van der Waals surface area contributed by atoms with Gasteiger partial charge in [0.05, 0.1) is 0 Å². The van der Waals surface area contributed by atoms with E-state index in [-0.39, 0.29) is 11.3 Å². The lowest BCUT2D eigenvalue weighted by Crippen LogP contribution is -2.36. The third kappa shape index (κ3) is 4.68. The number of carboxylic acid groups (broad SMARTS) is 1. The van der Waals surface area contributed by atoms with Gasteiger partial charge in [0.15, 0.2) is 0 Å². The normalized spacial score (nSPS) is 18.2. The van der Waals surface area contributed by atoms with Gasteiger partial charge in [0, 0.05) is 29.0 Å². The van der Waals surface area contributed by atoms with E-state index in [1.54, 1.807) is 17.2 Å². The minimum atomic E-state index is -1.03. The molecular formula is C19H27NO3. The largest absolute Gasteiger partial charge is 0.478 e. The highest BCUT2D eigenvalue weighted by Crippen LogP contribution is 2.42. The Labute approximate surface area is 138 Å². The molecule has 0 atom stereocenters. The van der Waals surface area contributed by atoms with Gasteiger partial charge in [-0.05, 0) is 32.6 Å². The van der Waals surface area contributed by atoms with Crippen LogP contribution in [0.3, 0.4) is 0 Å². The van der Waals surface area contributed by atoms with Crippen molar-refractivity contribution in [2.45, 2.75) is 53.4 Å². The van der Waals surface area contributed by atoms with E-state index < -0.39 is 5.97 Å². The number of rotatable bonds is 6. The number of hydrogen-bond donors (Lipinski definition) is 1. The Balaban J connectivity index is 3.20. The first-order valence-electron chi connectivity index (χ1n) is 8.01. The molecular weight excluding hydrogens is 290 g/mol. The molecule has 0 aliphatic heterocycles. The Morgan fingerprint density at radius 3 is 2.52 bits per heavy atom. The first kappa shape index (κ1) is 18.9. The summed E-state index contributed by atoms with van der Waals surface area (Å²) in [5, 5.41) is 8.67. The second-order valence-corrected chi connectivity index (χ2v) is 6.47. The first-order valence-corrected chi connectivity index (χ1v) is 8.01. The van der Waals surface area contributed by atoms with E-state index in [1.807, 2.05) is 6.92 Å². The first-order chi connectivity index (χ1) is 10.7. The van der Waals surface area contributed by atoms with Crippen LogP contribution in [0.2, 0.25) is 0 Å². The maximum absolute atomic E-state index is 12.9. The zero-order chi connectivity index (χ0) is 17.6. The summed E-state index contributed by atoms with van der Waals surface area (Å²) in [6.07, 6.45) is 9.22. The predicted octanol–water partition coefficient (Wildman–Crippen LogP) is 4.42. The molecule has 126 valence electrons. The topological polar surface area (TPSA) is 57.6 Å². The van der Waals surface area contributed by atoms with Gasteiger partial charge in [-0.15, -0.1) is 0 Å². The number of carbonyl (C=O) groups is 2. The molecule has 1 N–H and O–H groups in total. The highest BCUT2D eigenvalue weighted by Gasteiger charge is 2.34. The smallest absolute Gasteiger partial charge is 0.328 e. The van der Waals surface area contributed by atoms with Gasteiger partial charge < -0.3 is 5.11 Å². The molecule has 0 aromatic carbocycles. The number of aliphatic carboxylic acids is 1. The third-order valence-electron chi connectivity index (χ3n) is 4.23. The fourth-order valence-electron chi connectivity index (χ4n) is 3.16. The maximum Gasteiger partial charge on any atom is 0.328 e. The summed E-state index contributed by atoms with van der Waals surface area (Å²) in [5.41, 5.74) is 2.71. The zero-order valence-electron chi connectivity index (χ0n) is 14.6. The number of carbonyl (C=O) groups excluding carboxylic acids is 1. The molecule has 1 aliphatic carbocycles. The van der Waals surface area contributed by atoms with Crippen LogP contribution in [0.25, 0.3) is 0 Å². The third-order valence-corrected chi connectivity index (χ3v) is 4.23. The predicted molar refractivity (Wildman–Crippen MR) is 92.5 cm³/mol.